The molecule has 1 unspecified atom stereocenters. The van der Waals surface area contributed by atoms with E-state index >= 15 is 0 Å². The van der Waals surface area contributed by atoms with Crippen LogP contribution in [0, 0.1) is 5.92 Å². The average Bonchev–Trinajstić information content (AvgIpc) is 2.93. The Balaban J connectivity index is 1.97. The van der Waals surface area contributed by atoms with E-state index in [9.17, 15) is 9.59 Å². The number of halogens is 1. The maximum atomic E-state index is 12.2. The van der Waals surface area contributed by atoms with Crippen molar-refractivity contribution in [1.82, 2.24) is 5.32 Å². The van der Waals surface area contributed by atoms with Crippen LogP contribution in [-0.4, -0.2) is 45.7 Å². The molecule has 1 aromatic rings. The molecule has 1 N–H and O–H groups in total. The molecule has 0 bridgehead atoms. The van der Waals surface area contributed by atoms with E-state index in [0.29, 0.717) is 36.2 Å². The number of benzene rings is 1. The topological polar surface area (TPSA) is 67.9 Å². The molecule has 1 atom stereocenters. The zero-order valence-corrected chi connectivity index (χ0v) is 14.1. The van der Waals surface area contributed by atoms with Gasteiger partial charge in [-0.3, -0.25) is 9.59 Å². The molecule has 0 aliphatic carbocycles. The fraction of sp³-hybridized carbons (Fsp3) is 0.500. The van der Waals surface area contributed by atoms with Gasteiger partial charge in [-0.15, -0.1) is 0 Å². The first-order valence-electron chi connectivity index (χ1n) is 7.47. The Hall–Kier alpha value is -1.79. The van der Waals surface area contributed by atoms with Crippen LogP contribution < -0.4 is 15.0 Å². The Labute approximate surface area is 140 Å². The second-order valence-electron chi connectivity index (χ2n) is 5.36. The van der Waals surface area contributed by atoms with Crippen molar-refractivity contribution >= 4 is 29.1 Å². The number of methoxy groups -OCH3 is 2. The quantitative estimate of drug-likeness (QED) is 0.769. The highest BCUT2D eigenvalue weighted by Crippen LogP contribution is 2.32. The van der Waals surface area contributed by atoms with Crippen LogP contribution in [-0.2, 0) is 14.3 Å². The van der Waals surface area contributed by atoms with E-state index in [0.717, 1.165) is 6.42 Å². The van der Waals surface area contributed by atoms with Crippen LogP contribution >= 0.6 is 11.6 Å². The van der Waals surface area contributed by atoms with Gasteiger partial charge in [0.15, 0.2) is 0 Å². The molecule has 6 nitrogen and oxygen atoms in total. The number of hydrogen-bond acceptors (Lipinski definition) is 4. The lowest BCUT2D eigenvalue weighted by atomic mass is 10.1. The van der Waals surface area contributed by atoms with Crippen LogP contribution in [0.25, 0.3) is 0 Å². The molecule has 1 heterocycles. The summed E-state index contributed by atoms with van der Waals surface area (Å²) in [6, 6.07) is 5.15. The molecule has 2 amide bonds. The number of nitrogens with one attached hydrogen (secondary N) is 1. The summed E-state index contributed by atoms with van der Waals surface area (Å²) in [6.45, 7) is 1.50. The molecule has 7 heteroatoms. The lowest BCUT2D eigenvalue weighted by Crippen LogP contribution is -2.33. The van der Waals surface area contributed by atoms with Gasteiger partial charge in [0.05, 0.1) is 18.1 Å². The van der Waals surface area contributed by atoms with Crippen LogP contribution in [0.5, 0.6) is 5.75 Å². The Kier molecular flexibility index (Phi) is 6.24. The predicted octanol–water partition coefficient (Wildman–Crippen LogP) is 1.85. The molecule has 0 radical (unpaired) electrons. The second-order valence-corrected chi connectivity index (χ2v) is 5.77. The SMILES string of the molecule is COCCCNC(=O)C1CC(=O)N(c2ccc(OC)c(Cl)c2)C1. The van der Waals surface area contributed by atoms with Gasteiger partial charge in [-0.05, 0) is 24.6 Å². The maximum Gasteiger partial charge on any atom is 0.227 e. The zero-order valence-electron chi connectivity index (χ0n) is 13.3. The van der Waals surface area contributed by atoms with E-state index < -0.39 is 0 Å². The number of amides is 2. The van der Waals surface area contributed by atoms with E-state index in [1.54, 1.807) is 30.2 Å². The largest absolute Gasteiger partial charge is 0.495 e. The molecule has 1 aromatic carbocycles. The van der Waals surface area contributed by atoms with Crippen molar-refractivity contribution in [1.29, 1.82) is 0 Å². The summed E-state index contributed by atoms with van der Waals surface area (Å²) in [4.78, 5) is 25.9. The molecule has 1 saturated heterocycles. The summed E-state index contributed by atoms with van der Waals surface area (Å²) in [5.74, 6) is 0.0280. The molecule has 1 fully saturated rings. The van der Waals surface area contributed by atoms with Crippen molar-refractivity contribution < 1.29 is 19.1 Å². The van der Waals surface area contributed by atoms with Crippen molar-refractivity contribution in [2.75, 3.05) is 38.8 Å². The van der Waals surface area contributed by atoms with Crippen molar-refractivity contribution in [3.05, 3.63) is 23.2 Å². The third kappa shape index (κ3) is 4.36. The van der Waals surface area contributed by atoms with Gasteiger partial charge < -0.3 is 19.7 Å². The Morgan fingerprint density at radius 3 is 2.87 bits per heavy atom. The molecule has 1 aliphatic heterocycles. The summed E-state index contributed by atoms with van der Waals surface area (Å²) in [5.41, 5.74) is 0.676. The molecule has 1 aliphatic rings. The minimum Gasteiger partial charge on any atom is -0.495 e. The van der Waals surface area contributed by atoms with Crippen LogP contribution in [0.1, 0.15) is 12.8 Å². The maximum absolute atomic E-state index is 12.2. The van der Waals surface area contributed by atoms with E-state index in [-0.39, 0.29) is 24.2 Å². The number of anilines is 1. The van der Waals surface area contributed by atoms with Gasteiger partial charge in [-0.25, -0.2) is 0 Å². The van der Waals surface area contributed by atoms with E-state index in [1.807, 2.05) is 0 Å². The molecule has 2 rings (SSSR count). The van der Waals surface area contributed by atoms with E-state index in [1.165, 1.54) is 7.11 Å². The Morgan fingerprint density at radius 2 is 2.22 bits per heavy atom. The summed E-state index contributed by atoms with van der Waals surface area (Å²) in [5, 5.41) is 3.27. The summed E-state index contributed by atoms with van der Waals surface area (Å²) in [7, 11) is 3.15. The molecular weight excluding hydrogens is 320 g/mol. The number of nitrogens with zero attached hydrogens (tertiary/aromatic N) is 1. The first-order valence-corrected chi connectivity index (χ1v) is 7.85. The third-order valence-corrected chi connectivity index (χ3v) is 4.06. The molecule has 23 heavy (non-hydrogen) atoms. The van der Waals surface area contributed by atoms with Gasteiger partial charge in [0, 0.05) is 38.9 Å². The lowest BCUT2D eigenvalue weighted by Gasteiger charge is -2.17. The molecule has 126 valence electrons. The lowest BCUT2D eigenvalue weighted by molar-refractivity contribution is -0.126. The minimum absolute atomic E-state index is 0.0803. The number of carbonyl (C=O) groups is 2. The first kappa shape index (κ1) is 17.6. The normalized spacial score (nSPS) is 17.4. The van der Waals surface area contributed by atoms with Gasteiger partial charge >= 0.3 is 0 Å². The first-order chi connectivity index (χ1) is 11.1. The monoisotopic (exact) mass is 340 g/mol. The van der Waals surface area contributed by atoms with Crippen LogP contribution in [0.15, 0.2) is 18.2 Å². The van der Waals surface area contributed by atoms with Crippen LogP contribution in [0.4, 0.5) is 5.69 Å². The van der Waals surface area contributed by atoms with Crippen LogP contribution in [0.2, 0.25) is 5.02 Å². The van der Waals surface area contributed by atoms with Gasteiger partial charge in [0.2, 0.25) is 11.8 Å². The van der Waals surface area contributed by atoms with Gasteiger partial charge in [0.25, 0.3) is 0 Å². The number of rotatable bonds is 7. The molecule has 0 aromatic heterocycles. The fourth-order valence-corrected chi connectivity index (χ4v) is 2.78. The fourth-order valence-electron chi connectivity index (χ4n) is 2.53. The van der Waals surface area contributed by atoms with Gasteiger partial charge in [0.1, 0.15) is 5.75 Å². The predicted molar refractivity (Wildman–Crippen MR) is 88.0 cm³/mol. The average molecular weight is 341 g/mol. The standard InChI is InChI=1S/C16H21ClN2O4/c1-22-7-3-6-18-16(21)11-8-15(20)19(10-11)12-4-5-14(23-2)13(17)9-12/h4-5,9,11H,3,6-8,10H2,1-2H3,(H,18,21). The second kappa shape index (κ2) is 8.17. The highest BCUT2D eigenvalue weighted by molar-refractivity contribution is 6.32. The highest BCUT2D eigenvalue weighted by Gasteiger charge is 2.35. The van der Waals surface area contributed by atoms with Gasteiger partial charge in [-0.1, -0.05) is 11.6 Å². The van der Waals surface area contributed by atoms with Crippen molar-refractivity contribution in [3.8, 4) is 5.75 Å². The minimum atomic E-state index is -0.342. The third-order valence-electron chi connectivity index (χ3n) is 3.77. The Bertz CT molecular complexity index is 579. The van der Waals surface area contributed by atoms with Crippen molar-refractivity contribution in [2.24, 2.45) is 5.92 Å². The summed E-state index contributed by atoms with van der Waals surface area (Å²) < 4.78 is 10.0. The number of ether oxygens (including phenoxy) is 2. The van der Waals surface area contributed by atoms with Crippen LogP contribution in [0.3, 0.4) is 0 Å². The Morgan fingerprint density at radius 1 is 1.43 bits per heavy atom. The van der Waals surface area contributed by atoms with E-state index in [2.05, 4.69) is 5.32 Å². The number of hydrogen-bond donors (Lipinski definition) is 1. The smallest absolute Gasteiger partial charge is 0.227 e. The molecular formula is C16H21ClN2O4. The summed E-state index contributed by atoms with van der Waals surface area (Å²) >= 11 is 6.10. The molecule has 0 spiro atoms. The van der Waals surface area contributed by atoms with Gasteiger partial charge in [-0.2, -0.15) is 0 Å². The van der Waals surface area contributed by atoms with Crippen molar-refractivity contribution in [2.45, 2.75) is 12.8 Å². The van der Waals surface area contributed by atoms with E-state index in [4.69, 9.17) is 21.1 Å². The highest BCUT2D eigenvalue weighted by atomic mass is 35.5. The molecule has 0 saturated carbocycles. The zero-order chi connectivity index (χ0) is 16.8. The number of carbonyl (C=O) groups excluding carboxylic acids is 2. The van der Waals surface area contributed by atoms with Crippen molar-refractivity contribution in [3.63, 3.8) is 0 Å². The summed E-state index contributed by atoms with van der Waals surface area (Å²) in [6.07, 6.45) is 0.959.